The summed E-state index contributed by atoms with van der Waals surface area (Å²) in [6.07, 6.45) is 3.52. The molecule has 2 atom stereocenters. The van der Waals surface area contributed by atoms with Crippen molar-refractivity contribution < 1.29 is 14.4 Å². The molecule has 1 aliphatic carbocycles. The molecule has 3 rings (SSSR count). The van der Waals surface area contributed by atoms with Crippen molar-refractivity contribution in [1.29, 1.82) is 0 Å². The highest BCUT2D eigenvalue weighted by atomic mass is 16.2. The predicted molar refractivity (Wildman–Crippen MR) is 91.3 cm³/mol. The van der Waals surface area contributed by atoms with Crippen molar-refractivity contribution in [3.05, 3.63) is 47.5 Å². The SMILES string of the molecule is CN1CC=C2C(C)(C)C(=O)C(C=O)CC2(Cc2ccccc2)C1=O. The maximum absolute atomic E-state index is 13.2. The first-order chi connectivity index (χ1) is 11.3. The molecule has 0 spiro atoms. The van der Waals surface area contributed by atoms with Crippen LogP contribution in [0.1, 0.15) is 25.8 Å². The molecule has 1 aromatic rings. The lowest BCUT2D eigenvalue weighted by atomic mass is 9.53. The minimum absolute atomic E-state index is 0.0104. The minimum Gasteiger partial charge on any atom is -0.341 e. The number of nitrogens with zero attached hydrogens (tertiary/aromatic N) is 1. The number of amides is 1. The van der Waals surface area contributed by atoms with Gasteiger partial charge in [-0.15, -0.1) is 0 Å². The first kappa shape index (κ1) is 16.6. The van der Waals surface area contributed by atoms with Gasteiger partial charge in [-0.3, -0.25) is 9.59 Å². The number of carbonyl (C=O) groups is 3. The lowest BCUT2D eigenvalue weighted by Gasteiger charge is -2.51. The number of rotatable bonds is 3. The van der Waals surface area contributed by atoms with Crippen molar-refractivity contribution in [2.45, 2.75) is 26.7 Å². The number of fused-ring (bicyclic) bond motifs is 1. The van der Waals surface area contributed by atoms with Gasteiger partial charge < -0.3 is 9.69 Å². The van der Waals surface area contributed by atoms with Crippen molar-refractivity contribution >= 4 is 18.0 Å². The van der Waals surface area contributed by atoms with Gasteiger partial charge >= 0.3 is 0 Å². The Hall–Kier alpha value is -2.23. The Morgan fingerprint density at radius 3 is 2.50 bits per heavy atom. The zero-order valence-electron chi connectivity index (χ0n) is 14.4. The van der Waals surface area contributed by atoms with Crippen LogP contribution in [0.3, 0.4) is 0 Å². The van der Waals surface area contributed by atoms with E-state index in [0.717, 1.165) is 17.4 Å². The van der Waals surface area contributed by atoms with Crippen LogP contribution in [0.4, 0.5) is 0 Å². The van der Waals surface area contributed by atoms with Crippen LogP contribution >= 0.6 is 0 Å². The molecule has 2 unspecified atom stereocenters. The monoisotopic (exact) mass is 325 g/mol. The summed E-state index contributed by atoms with van der Waals surface area (Å²) >= 11 is 0. The van der Waals surface area contributed by atoms with E-state index in [9.17, 15) is 14.4 Å². The van der Waals surface area contributed by atoms with Crippen LogP contribution in [0.2, 0.25) is 0 Å². The highest BCUT2D eigenvalue weighted by Gasteiger charge is 2.58. The first-order valence-electron chi connectivity index (χ1n) is 8.33. The van der Waals surface area contributed by atoms with Gasteiger partial charge in [-0.05, 0) is 37.8 Å². The highest BCUT2D eigenvalue weighted by Crippen LogP contribution is 2.54. The smallest absolute Gasteiger partial charge is 0.233 e. The number of Topliss-reactive ketones (excluding diaryl/α,β-unsaturated/α-hetero) is 1. The third-order valence-corrected chi connectivity index (χ3v) is 5.55. The molecule has 24 heavy (non-hydrogen) atoms. The zero-order valence-corrected chi connectivity index (χ0v) is 14.4. The molecule has 126 valence electrons. The van der Waals surface area contributed by atoms with Gasteiger partial charge in [0.15, 0.2) is 5.78 Å². The number of hydrogen-bond donors (Lipinski definition) is 0. The van der Waals surface area contributed by atoms with E-state index in [1.54, 1.807) is 11.9 Å². The van der Waals surface area contributed by atoms with Gasteiger partial charge in [-0.1, -0.05) is 36.4 Å². The third-order valence-electron chi connectivity index (χ3n) is 5.55. The number of benzene rings is 1. The molecule has 0 aromatic heterocycles. The molecule has 2 aliphatic rings. The number of carbonyl (C=O) groups excluding carboxylic acids is 3. The second-order valence-electron chi connectivity index (χ2n) is 7.48. The largest absolute Gasteiger partial charge is 0.341 e. The lowest BCUT2D eigenvalue weighted by molar-refractivity contribution is -0.148. The van der Waals surface area contributed by atoms with E-state index in [-0.39, 0.29) is 18.1 Å². The zero-order chi connectivity index (χ0) is 17.5. The standard InChI is InChI=1S/C20H23NO3/c1-19(2)16-9-10-21(3)18(24)20(16,12-15(13-22)17(19)23)11-14-7-5-4-6-8-14/h4-9,13,15H,10-12H2,1-3H3. The van der Waals surface area contributed by atoms with E-state index in [0.29, 0.717) is 13.0 Å². The normalized spacial score (nSPS) is 29.0. The maximum atomic E-state index is 13.2. The van der Waals surface area contributed by atoms with Crippen LogP contribution in [-0.2, 0) is 20.8 Å². The summed E-state index contributed by atoms with van der Waals surface area (Å²) in [6, 6.07) is 9.82. The third kappa shape index (κ3) is 2.32. The van der Waals surface area contributed by atoms with E-state index in [1.807, 2.05) is 50.3 Å². The Kier molecular flexibility index (Phi) is 3.94. The van der Waals surface area contributed by atoms with Gasteiger partial charge in [-0.25, -0.2) is 0 Å². The van der Waals surface area contributed by atoms with Crippen molar-refractivity contribution in [2.24, 2.45) is 16.7 Å². The predicted octanol–water partition coefficient (Wildman–Crippen LogP) is 2.43. The Balaban J connectivity index is 2.17. The molecule has 4 nitrogen and oxygen atoms in total. The van der Waals surface area contributed by atoms with Crippen LogP contribution in [-0.4, -0.2) is 36.5 Å². The van der Waals surface area contributed by atoms with Gasteiger partial charge in [-0.2, -0.15) is 0 Å². The van der Waals surface area contributed by atoms with Gasteiger partial charge in [0.25, 0.3) is 0 Å². The summed E-state index contributed by atoms with van der Waals surface area (Å²) in [7, 11) is 1.78. The molecule has 0 radical (unpaired) electrons. The van der Waals surface area contributed by atoms with E-state index < -0.39 is 16.7 Å². The molecule has 1 heterocycles. The number of ketones is 1. The van der Waals surface area contributed by atoms with Gasteiger partial charge in [0.2, 0.25) is 5.91 Å². The topological polar surface area (TPSA) is 54.5 Å². The fourth-order valence-corrected chi connectivity index (χ4v) is 4.40. The Morgan fingerprint density at radius 1 is 1.21 bits per heavy atom. The molecule has 0 N–H and O–H groups in total. The van der Waals surface area contributed by atoms with Crippen molar-refractivity contribution in [3.8, 4) is 0 Å². The van der Waals surface area contributed by atoms with E-state index in [1.165, 1.54) is 0 Å². The van der Waals surface area contributed by atoms with E-state index in [4.69, 9.17) is 0 Å². The number of aldehydes is 1. The highest BCUT2D eigenvalue weighted by molar-refractivity contribution is 6.04. The fourth-order valence-electron chi connectivity index (χ4n) is 4.40. The van der Waals surface area contributed by atoms with E-state index in [2.05, 4.69) is 0 Å². The molecule has 1 amide bonds. The van der Waals surface area contributed by atoms with Crippen LogP contribution in [0, 0.1) is 16.7 Å². The molecule has 1 fully saturated rings. The molecule has 4 heteroatoms. The quantitative estimate of drug-likeness (QED) is 0.487. The van der Waals surface area contributed by atoms with E-state index >= 15 is 0 Å². The van der Waals surface area contributed by atoms with Crippen LogP contribution in [0.15, 0.2) is 42.0 Å². The second-order valence-corrected chi connectivity index (χ2v) is 7.48. The number of hydrogen-bond acceptors (Lipinski definition) is 3. The summed E-state index contributed by atoms with van der Waals surface area (Å²) in [5, 5.41) is 0. The van der Waals surface area contributed by atoms with Gasteiger partial charge in [0, 0.05) is 19.0 Å². The summed E-state index contributed by atoms with van der Waals surface area (Å²) in [5.74, 6) is -0.794. The summed E-state index contributed by atoms with van der Waals surface area (Å²) in [6.45, 7) is 4.19. The van der Waals surface area contributed by atoms with Gasteiger partial charge in [0.05, 0.1) is 11.3 Å². The minimum atomic E-state index is -0.808. The summed E-state index contributed by atoms with van der Waals surface area (Å²) < 4.78 is 0. The molecule has 0 bridgehead atoms. The molecule has 1 aliphatic heterocycles. The molecule has 1 aromatic carbocycles. The molecular weight excluding hydrogens is 302 g/mol. The Bertz CT molecular complexity index is 720. The van der Waals surface area contributed by atoms with Crippen LogP contribution < -0.4 is 0 Å². The van der Waals surface area contributed by atoms with Crippen LogP contribution in [0.5, 0.6) is 0 Å². The molecule has 0 saturated heterocycles. The average molecular weight is 325 g/mol. The van der Waals surface area contributed by atoms with Crippen molar-refractivity contribution in [2.75, 3.05) is 13.6 Å². The second kappa shape index (κ2) is 5.69. The Labute approximate surface area is 142 Å². The van der Waals surface area contributed by atoms with Crippen LogP contribution in [0.25, 0.3) is 0 Å². The Morgan fingerprint density at radius 2 is 1.88 bits per heavy atom. The van der Waals surface area contributed by atoms with Crippen molar-refractivity contribution in [1.82, 2.24) is 4.90 Å². The number of likely N-dealkylation sites (N-methyl/N-ethyl adjacent to an activating group) is 1. The fraction of sp³-hybridized carbons (Fsp3) is 0.450. The molecular formula is C20H23NO3. The lowest BCUT2D eigenvalue weighted by Crippen LogP contribution is -2.58. The summed E-state index contributed by atoms with van der Waals surface area (Å²) in [5.41, 5.74) is 0.319. The van der Waals surface area contributed by atoms with Gasteiger partial charge in [0.1, 0.15) is 6.29 Å². The maximum Gasteiger partial charge on any atom is 0.233 e. The average Bonchev–Trinajstić information content (AvgIpc) is 2.56. The molecule has 1 saturated carbocycles. The first-order valence-corrected chi connectivity index (χ1v) is 8.33. The summed E-state index contributed by atoms with van der Waals surface area (Å²) in [4.78, 5) is 39.2. The van der Waals surface area contributed by atoms with Crippen molar-refractivity contribution in [3.63, 3.8) is 0 Å².